The molecule has 1 aliphatic carbocycles. The number of hydrogen-bond donors (Lipinski definition) is 0. The molecule has 0 atom stereocenters. The van der Waals surface area contributed by atoms with Crippen LogP contribution in [0.25, 0.3) is 11.1 Å². The Morgan fingerprint density at radius 3 is 2.52 bits per heavy atom. The monoisotopic (exact) mass is 271 g/mol. The normalized spacial score (nSPS) is 12.0. The topological polar surface area (TPSA) is 12.9 Å². The number of pyridine rings is 1. The fraction of sp³-hybridized carbons (Fsp3) is 0.150. The predicted molar refractivity (Wildman–Crippen MR) is 86.3 cm³/mol. The second-order valence-electron chi connectivity index (χ2n) is 5.65. The third-order valence-electron chi connectivity index (χ3n) is 4.25. The first-order chi connectivity index (χ1) is 10.4. The van der Waals surface area contributed by atoms with Crippen molar-refractivity contribution >= 4 is 0 Å². The van der Waals surface area contributed by atoms with Gasteiger partial charge in [0.05, 0.1) is 0 Å². The van der Waals surface area contributed by atoms with Crippen LogP contribution in [0.15, 0.2) is 66.9 Å². The maximum absolute atomic E-state index is 4.40. The van der Waals surface area contributed by atoms with Crippen molar-refractivity contribution < 1.29 is 0 Å². The van der Waals surface area contributed by atoms with E-state index >= 15 is 0 Å². The number of aryl methyl sites for hydroxylation is 2. The molecule has 0 fully saturated rings. The van der Waals surface area contributed by atoms with Gasteiger partial charge in [0, 0.05) is 11.9 Å². The minimum absolute atomic E-state index is 1.01. The van der Waals surface area contributed by atoms with Crippen LogP contribution in [0.5, 0.6) is 0 Å². The van der Waals surface area contributed by atoms with E-state index in [1.165, 1.54) is 33.5 Å². The smallest absolute Gasteiger partial charge is 0.0406 e. The molecule has 0 saturated heterocycles. The molecular formula is C20H17N. The number of fused-ring (bicyclic) bond motifs is 3. The van der Waals surface area contributed by atoms with Gasteiger partial charge in [-0.3, -0.25) is 4.98 Å². The van der Waals surface area contributed by atoms with Crippen molar-refractivity contribution in [3.8, 4) is 11.1 Å². The SMILES string of the molecule is c1ccc(CCc2ccc3c(c2)Cc2ccccc2-3)nc1. The standard InChI is InChI=1S/C20H17N/c1-2-7-19-16(5-1)14-17-13-15(9-11-20(17)19)8-10-18-6-3-4-12-21-18/h1-7,9,11-13H,8,10,14H2. The average molecular weight is 271 g/mol. The molecule has 1 nitrogen and oxygen atoms in total. The van der Waals surface area contributed by atoms with Gasteiger partial charge in [-0.1, -0.05) is 48.5 Å². The molecule has 0 radical (unpaired) electrons. The van der Waals surface area contributed by atoms with Crippen LogP contribution in [0.2, 0.25) is 0 Å². The highest BCUT2D eigenvalue weighted by atomic mass is 14.7. The fourth-order valence-corrected chi connectivity index (χ4v) is 3.17. The Balaban J connectivity index is 1.56. The molecule has 1 aromatic heterocycles. The van der Waals surface area contributed by atoms with Gasteiger partial charge in [-0.25, -0.2) is 0 Å². The van der Waals surface area contributed by atoms with Crippen molar-refractivity contribution in [2.45, 2.75) is 19.3 Å². The number of benzene rings is 2. The molecule has 0 aliphatic heterocycles. The summed E-state index contributed by atoms with van der Waals surface area (Å²) in [4.78, 5) is 4.40. The molecule has 21 heavy (non-hydrogen) atoms. The molecule has 2 aromatic carbocycles. The molecule has 1 aliphatic rings. The minimum atomic E-state index is 1.01. The van der Waals surface area contributed by atoms with Crippen LogP contribution in [0.3, 0.4) is 0 Å². The van der Waals surface area contributed by atoms with Crippen molar-refractivity contribution in [2.24, 2.45) is 0 Å². The van der Waals surface area contributed by atoms with Crippen LogP contribution in [0, 0.1) is 0 Å². The largest absolute Gasteiger partial charge is 0.261 e. The Labute approximate surface area is 125 Å². The molecule has 4 rings (SSSR count). The van der Waals surface area contributed by atoms with Crippen LogP contribution >= 0.6 is 0 Å². The van der Waals surface area contributed by atoms with Gasteiger partial charge in [0.25, 0.3) is 0 Å². The van der Waals surface area contributed by atoms with Crippen LogP contribution in [-0.2, 0) is 19.3 Å². The van der Waals surface area contributed by atoms with Gasteiger partial charge in [0.2, 0.25) is 0 Å². The third kappa shape index (κ3) is 2.36. The van der Waals surface area contributed by atoms with Crippen molar-refractivity contribution in [3.63, 3.8) is 0 Å². The van der Waals surface area contributed by atoms with Gasteiger partial charge in [0.15, 0.2) is 0 Å². The summed E-state index contributed by atoms with van der Waals surface area (Å²) >= 11 is 0. The molecule has 1 heteroatoms. The van der Waals surface area contributed by atoms with Crippen LogP contribution in [-0.4, -0.2) is 4.98 Å². The van der Waals surface area contributed by atoms with Crippen LogP contribution < -0.4 is 0 Å². The highest BCUT2D eigenvalue weighted by Gasteiger charge is 2.17. The van der Waals surface area contributed by atoms with Crippen molar-refractivity contribution in [1.82, 2.24) is 4.98 Å². The first-order valence-corrected chi connectivity index (χ1v) is 7.50. The summed E-state index contributed by atoms with van der Waals surface area (Å²) in [6, 6.07) is 21.8. The van der Waals surface area contributed by atoms with Gasteiger partial charge in [-0.05, 0) is 59.2 Å². The maximum Gasteiger partial charge on any atom is 0.0406 e. The van der Waals surface area contributed by atoms with Crippen molar-refractivity contribution in [2.75, 3.05) is 0 Å². The summed E-state index contributed by atoms with van der Waals surface area (Å²) in [6.45, 7) is 0. The second kappa shape index (κ2) is 5.17. The molecule has 0 bridgehead atoms. The highest BCUT2D eigenvalue weighted by Crippen LogP contribution is 2.36. The summed E-state index contributed by atoms with van der Waals surface area (Å²) in [6.07, 6.45) is 5.00. The van der Waals surface area contributed by atoms with Crippen molar-refractivity contribution in [3.05, 3.63) is 89.2 Å². The summed E-state index contributed by atoms with van der Waals surface area (Å²) in [5, 5.41) is 0. The summed E-state index contributed by atoms with van der Waals surface area (Å²) < 4.78 is 0. The molecule has 1 heterocycles. The van der Waals surface area contributed by atoms with E-state index < -0.39 is 0 Å². The molecular weight excluding hydrogens is 254 g/mol. The van der Waals surface area contributed by atoms with Gasteiger partial charge >= 0.3 is 0 Å². The van der Waals surface area contributed by atoms with E-state index in [9.17, 15) is 0 Å². The highest BCUT2D eigenvalue weighted by molar-refractivity contribution is 5.76. The first kappa shape index (κ1) is 12.3. The molecule has 0 unspecified atom stereocenters. The number of aromatic nitrogens is 1. The lowest BCUT2D eigenvalue weighted by molar-refractivity contribution is 0.912. The predicted octanol–water partition coefficient (Wildman–Crippen LogP) is 4.44. The first-order valence-electron chi connectivity index (χ1n) is 7.50. The Morgan fingerprint density at radius 1 is 0.762 bits per heavy atom. The second-order valence-corrected chi connectivity index (χ2v) is 5.65. The lowest BCUT2D eigenvalue weighted by Crippen LogP contribution is -1.94. The third-order valence-corrected chi connectivity index (χ3v) is 4.25. The van der Waals surface area contributed by atoms with E-state index in [0.717, 1.165) is 19.3 Å². The van der Waals surface area contributed by atoms with E-state index in [4.69, 9.17) is 0 Å². The van der Waals surface area contributed by atoms with Crippen LogP contribution in [0.4, 0.5) is 0 Å². The fourth-order valence-electron chi connectivity index (χ4n) is 3.17. The maximum atomic E-state index is 4.40. The van der Waals surface area contributed by atoms with Crippen molar-refractivity contribution in [1.29, 1.82) is 0 Å². The van der Waals surface area contributed by atoms with E-state index in [1.807, 2.05) is 12.3 Å². The van der Waals surface area contributed by atoms with E-state index in [-0.39, 0.29) is 0 Å². The summed E-state index contributed by atoms with van der Waals surface area (Å²) in [5.74, 6) is 0. The molecule has 0 N–H and O–H groups in total. The molecule has 0 spiro atoms. The Kier molecular flexibility index (Phi) is 3.04. The number of nitrogens with zero attached hydrogens (tertiary/aromatic N) is 1. The zero-order chi connectivity index (χ0) is 14.1. The Bertz CT molecular complexity index is 775. The average Bonchev–Trinajstić information content (AvgIpc) is 2.91. The molecule has 102 valence electrons. The van der Waals surface area contributed by atoms with Gasteiger partial charge in [-0.2, -0.15) is 0 Å². The summed E-state index contributed by atoms with van der Waals surface area (Å²) in [5.41, 5.74) is 8.31. The zero-order valence-corrected chi connectivity index (χ0v) is 11.9. The Morgan fingerprint density at radius 2 is 1.62 bits per heavy atom. The zero-order valence-electron chi connectivity index (χ0n) is 11.9. The van der Waals surface area contributed by atoms with E-state index in [0.29, 0.717) is 0 Å². The van der Waals surface area contributed by atoms with E-state index in [1.54, 1.807) is 0 Å². The quantitative estimate of drug-likeness (QED) is 0.537. The number of hydrogen-bond acceptors (Lipinski definition) is 1. The van der Waals surface area contributed by atoms with Gasteiger partial charge in [0.1, 0.15) is 0 Å². The Hall–Kier alpha value is -2.41. The van der Waals surface area contributed by atoms with E-state index in [2.05, 4.69) is 59.6 Å². The van der Waals surface area contributed by atoms with Crippen LogP contribution in [0.1, 0.15) is 22.4 Å². The lowest BCUT2D eigenvalue weighted by atomic mass is 10.0. The molecule has 0 saturated carbocycles. The molecule has 3 aromatic rings. The number of rotatable bonds is 3. The van der Waals surface area contributed by atoms with Gasteiger partial charge < -0.3 is 0 Å². The summed E-state index contributed by atoms with van der Waals surface area (Å²) in [7, 11) is 0. The minimum Gasteiger partial charge on any atom is -0.261 e. The molecule has 0 amide bonds. The lowest BCUT2D eigenvalue weighted by Gasteiger charge is -2.05. The van der Waals surface area contributed by atoms with Gasteiger partial charge in [-0.15, -0.1) is 0 Å².